The van der Waals surface area contributed by atoms with E-state index in [1.165, 1.54) is 27.4 Å². The van der Waals surface area contributed by atoms with Gasteiger partial charge in [0.1, 0.15) is 12.1 Å². The highest BCUT2D eigenvalue weighted by Crippen LogP contribution is 2.50. The van der Waals surface area contributed by atoms with E-state index in [4.69, 9.17) is 9.97 Å². The zero-order valence-corrected chi connectivity index (χ0v) is 22.6. The molecule has 8 aromatic rings. The van der Waals surface area contributed by atoms with Crippen molar-refractivity contribution in [1.29, 1.82) is 0 Å². The Morgan fingerprint density at radius 2 is 1.17 bits per heavy atom. The molecule has 0 N–H and O–H groups in total. The second-order valence-corrected chi connectivity index (χ2v) is 10.7. The Bertz CT molecular complexity index is 2260. The number of hydrogen-bond acceptors (Lipinski definition) is 3. The standard InChI is InChI=1S/C38H24N4/c1-2-12-27(13-3-1)42-36-20-9-6-17-31(36)32-22-26(23-33-37(32)38(42)40-24-39-33)25-11-10-14-28(21-25)41-34-18-7-4-15-29(34)30-16-5-8-19-35(30)41/h1-24H. The van der Waals surface area contributed by atoms with Crippen molar-refractivity contribution in [2.45, 2.75) is 0 Å². The molecule has 9 rings (SSSR count). The van der Waals surface area contributed by atoms with E-state index in [2.05, 4.69) is 143 Å². The van der Waals surface area contributed by atoms with Gasteiger partial charge in [-0.05, 0) is 71.3 Å². The van der Waals surface area contributed by atoms with Gasteiger partial charge in [0.2, 0.25) is 0 Å². The fourth-order valence-corrected chi connectivity index (χ4v) is 6.60. The van der Waals surface area contributed by atoms with Crippen LogP contribution >= 0.6 is 0 Å². The lowest BCUT2D eigenvalue weighted by Gasteiger charge is -2.32. The third-order valence-electron chi connectivity index (χ3n) is 8.40. The molecule has 1 aliphatic rings. The quantitative estimate of drug-likeness (QED) is 0.225. The van der Waals surface area contributed by atoms with Gasteiger partial charge in [0.05, 0.1) is 27.6 Å². The molecule has 1 aliphatic heterocycles. The third kappa shape index (κ3) is 3.29. The van der Waals surface area contributed by atoms with Crippen LogP contribution in [0.4, 0.5) is 17.2 Å². The van der Waals surface area contributed by atoms with Crippen molar-refractivity contribution in [3.63, 3.8) is 0 Å². The first-order chi connectivity index (χ1) is 20.8. The smallest absolute Gasteiger partial charge is 0.149 e. The van der Waals surface area contributed by atoms with Gasteiger partial charge >= 0.3 is 0 Å². The molecule has 0 spiro atoms. The molecule has 0 unspecified atom stereocenters. The maximum atomic E-state index is 4.81. The van der Waals surface area contributed by atoms with Crippen molar-refractivity contribution in [1.82, 2.24) is 14.5 Å². The first-order valence-corrected chi connectivity index (χ1v) is 14.2. The number of rotatable bonds is 3. The van der Waals surface area contributed by atoms with Crippen LogP contribution < -0.4 is 4.90 Å². The summed E-state index contributed by atoms with van der Waals surface area (Å²) in [7, 11) is 0. The van der Waals surface area contributed by atoms with E-state index in [-0.39, 0.29) is 0 Å². The van der Waals surface area contributed by atoms with Gasteiger partial charge in [0, 0.05) is 27.7 Å². The van der Waals surface area contributed by atoms with Gasteiger partial charge in [-0.2, -0.15) is 0 Å². The monoisotopic (exact) mass is 536 g/mol. The molecule has 0 saturated heterocycles. The van der Waals surface area contributed by atoms with Crippen LogP contribution in [0.1, 0.15) is 0 Å². The zero-order valence-electron chi connectivity index (χ0n) is 22.6. The Morgan fingerprint density at radius 1 is 0.476 bits per heavy atom. The second kappa shape index (κ2) is 8.88. The van der Waals surface area contributed by atoms with Crippen molar-refractivity contribution < 1.29 is 0 Å². The SMILES string of the molecule is c1ccc(N2c3ccccc3-c3cc(-c4cccc(-n5c6ccccc6c6ccccc65)c4)cc4ncnc2c34)cc1. The molecule has 0 amide bonds. The van der Waals surface area contributed by atoms with Crippen LogP contribution in [-0.4, -0.2) is 14.5 Å². The summed E-state index contributed by atoms with van der Waals surface area (Å²) in [5.41, 5.74) is 11.3. The van der Waals surface area contributed by atoms with Crippen molar-refractivity contribution >= 4 is 49.9 Å². The predicted octanol–water partition coefficient (Wildman–Crippen LogP) is 9.84. The molecule has 0 aliphatic carbocycles. The van der Waals surface area contributed by atoms with Crippen molar-refractivity contribution in [3.05, 3.63) is 146 Å². The van der Waals surface area contributed by atoms with Gasteiger partial charge in [-0.3, -0.25) is 4.90 Å². The van der Waals surface area contributed by atoms with Crippen LogP contribution in [0.15, 0.2) is 146 Å². The molecule has 4 nitrogen and oxygen atoms in total. The van der Waals surface area contributed by atoms with E-state index in [0.29, 0.717) is 0 Å². The second-order valence-electron chi connectivity index (χ2n) is 10.7. The molecule has 0 bridgehead atoms. The average Bonchev–Trinajstić information content (AvgIpc) is 3.40. The third-order valence-corrected chi connectivity index (χ3v) is 8.40. The summed E-state index contributed by atoms with van der Waals surface area (Å²) < 4.78 is 2.37. The minimum Gasteiger partial charge on any atom is -0.309 e. The fraction of sp³-hybridized carbons (Fsp3) is 0. The fourth-order valence-electron chi connectivity index (χ4n) is 6.60. The number of anilines is 3. The summed E-state index contributed by atoms with van der Waals surface area (Å²) in [4.78, 5) is 11.8. The van der Waals surface area contributed by atoms with E-state index in [9.17, 15) is 0 Å². The van der Waals surface area contributed by atoms with Gasteiger partial charge in [-0.1, -0.05) is 84.9 Å². The molecule has 3 heterocycles. The van der Waals surface area contributed by atoms with Crippen molar-refractivity contribution in [2.24, 2.45) is 0 Å². The van der Waals surface area contributed by atoms with Gasteiger partial charge in [-0.15, -0.1) is 0 Å². The molecular formula is C38H24N4. The molecule has 42 heavy (non-hydrogen) atoms. The van der Waals surface area contributed by atoms with Gasteiger partial charge in [0.15, 0.2) is 0 Å². The highest BCUT2D eigenvalue weighted by Gasteiger charge is 2.28. The summed E-state index contributed by atoms with van der Waals surface area (Å²) in [6, 6.07) is 49.6. The number of fused-ring (bicyclic) bond motifs is 5. The Labute approximate surface area is 242 Å². The van der Waals surface area contributed by atoms with Gasteiger partial charge in [-0.25, -0.2) is 9.97 Å². The van der Waals surface area contributed by atoms with Gasteiger partial charge in [0.25, 0.3) is 0 Å². The Morgan fingerprint density at radius 3 is 1.98 bits per heavy atom. The highest BCUT2D eigenvalue weighted by atomic mass is 15.2. The molecule has 0 saturated carbocycles. The summed E-state index contributed by atoms with van der Waals surface area (Å²) in [6.45, 7) is 0. The highest BCUT2D eigenvalue weighted by molar-refractivity contribution is 6.13. The van der Waals surface area contributed by atoms with Crippen LogP contribution in [0.3, 0.4) is 0 Å². The molecule has 6 aromatic carbocycles. The summed E-state index contributed by atoms with van der Waals surface area (Å²) >= 11 is 0. The first-order valence-electron chi connectivity index (χ1n) is 14.2. The van der Waals surface area contributed by atoms with E-state index in [1.54, 1.807) is 6.33 Å². The lowest BCUT2D eigenvalue weighted by atomic mass is 9.91. The van der Waals surface area contributed by atoms with E-state index in [1.807, 2.05) is 6.07 Å². The molecule has 0 fully saturated rings. The molecule has 0 radical (unpaired) electrons. The number of hydrogen-bond donors (Lipinski definition) is 0. The maximum absolute atomic E-state index is 4.81. The Hall–Kier alpha value is -5.74. The maximum Gasteiger partial charge on any atom is 0.149 e. The summed E-state index contributed by atoms with van der Waals surface area (Å²) in [5, 5.41) is 3.59. The number of aromatic nitrogens is 3. The largest absolute Gasteiger partial charge is 0.309 e. The van der Waals surface area contributed by atoms with E-state index >= 15 is 0 Å². The van der Waals surface area contributed by atoms with E-state index < -0.39 is 0 Å². The van der Waals surface area contributed by atoms with Crippen molar-refractivity contribution in [3.8, 4) is 27.9 Å². The van der Waals surface area contributed by atoms with Crippen LogP contribution in [0.25, 0.3) is 60.6 Å². The molecular weight excluding hydrogens is 512 g/mol. The Kier molecular flexibility index (Phi) is 4.87. The number of nitrogens with zero attached hydrogens (tertiary/aromatic N) is 4. The van der Waals surface area contributed by atoms with Gasteiger partial charge < -0.3 is 4.57 Å². The van der Waals surface area contributed by atoms with E-state index in [0.717, 1.165) is 50.5 Å². The zero-order chi connectivity index (χ0) is 27.6. The van der Waals surface area contributed by atoms with Crippen LogP contribution in [0.5, 0.6) is 0 Å². The number of para-hydroxylation sites is 4. The van der Waals surface area contributed by atoms with Crippen LogP contribution in [0.2, 0.25) is 0 Å². The predicted molar refractivity (Wildman–Crippen MR) is 173 cm³/mol. The number of benzene rings is 6. The molecule has 0 atom stereocenters. The first kappa shape index (κ1) is 23.0. The summed E-state index contributed by atoms with van der Waals surface area (Å²) in [5.74, 6) is 0.908. The topological polar surface area (TPSA) is 34.0 Å². The average molecular weight is 537 g/mol. The van der Waals surface area contributed by atoms with Crippen LogP contribution in [-0.2, 0) is 0 Å². The Balaban J connectivity index is 1.27. The minimum absolute atomic E-state index is 0.908. The lowest BCUT2D eigenvalue weighted by Crippen LogP contribution is -2.16. The summed E-state index contributed by atoms with van der Waals surface area (Å²) in [6.07, 6.45) is 1.68. The van der Waals surface area contributed by atoms with Crippen molar-refractivity contribution in [2.75, 3.05) is 4.90 Å². The molecule has 2 aromatic heterocycles. The normalized spacial score (nSPS) is 12.2. The molecule has 196 valence electrons. The molecule has 4 heteroatoms. The lowest BCUT2D eigenvalue weighted by molar-refractivity contribution is 1.14. The minimum atomic E-state index is 0.908. The van der Waals surface area contributed by atoms with Crippen LogP contribution in [0, 0.1) is 0 Å².